The average Bonchev–Trinajstić information content (AvgIpc) is 2.13. The first-order valence-corrected chi connectivity index (χ1v) is 6.35. The molecule has 0 aromatic heterocycles. The largest absolute Gasteiger partial charge is 0.453 e. The fourth-order valence-corrected chi connectivity index (χ4v) is 1.57. The van der Waals surface area contributed by atoms with Crippen molar-refractivity contribution in [3.63, 3.8) is 0 Å². The van der Waals surface area contributed by atoms with Crippen molar-refractivity contribution in [2.24, 2.45) is 11.3 Å². The second kappa shape index (κ2) is 10.1. The molecule has 0 rings (SSSR count). The van der Waals surface area contributed by atoms with Crippen LogP contribution in [0.15, 0.2) is 0 Å². The molecule has 0 aromatic carbocycles. The summed E-state index contributed by atoms with van der Waals surface area (Å²) in [5.74, 6) is 0.567. The number of carbonyl (C=O) groups is 1. The van der Waals surface area contributed by atoms with Crippen molar-refractivity contribution in [3.8, 4) is 0 Å². The number of nitrogens with zero attached hydrogens (tertiary/aromatic N) is 1. The molecule has 1 atom stereocenters. The summed E-state index contributed by atoms with van der Waals surface area (Å²) in [6.45, 7) is 15.8. The summed E-state index contributed by atoms with van der Waals surface area (Å²) in [6.07, 6.45) is 0.759. The lowest BCUT2D eigenvalue weighted by atomic mass is 9.80. The molecule has 0 aliphatic rings. The first kappa shape index (κ1) is 27.6. The minimum absolute atomic E-state index is 0. The lowest BCUT2D eigenvalue weighted by Gasteiger charge is -2.36. The van der Waals surface area contributed by atoms with Crippen LogP contribution in [-0.2, 0) is 4.74 Å². The lowest BCUT2D eigenvalue weighted by Crippen LogP contribution is -2.46. The summed E-state index contributed by atoms with van der Waals surface area (Å²) in [5, 5.41) is 0. The van der Waals surface area contributed by atoms with Gasteiger partial charge in [-0.2, -0.15) is 0 Å². The van der Waals surface area contributed by atoms with Gasteiger partial charge in [0.15, 0.2) is 0 Å². The summed E-state index contributed by atoms with van der Waals surface area (Å²) in [7, 11) is 1.44. The Morgan fingerprint density at radius 1 is 1.05 bits per heavy atom. The Bertz CT molecular complexity index is 249. The van der Waals surface area contributed by atoms with E-state index in [4.69, 9.17) is 4.74 Å². The third-order valence-corrected chi connectivity index (χ3v) is 3.47. The van der Waals surface area contributed by atoms with Crippen molar-refractivity contribution < 1.29 is 9.53 Å². The summed E-state index contributed by atoms with van der Waals surface area (Å²) in [6, 6.07) is 0. The van der Waals surface area contributed by atoms with E-state index in [1.807, 2.05) is 20.8 Å². The SMILES string of the molecule is C.C.C.COC(=O)N(CCC(C)C(C)(C)C)C(C)(C)C. The van der Waals surface area contributed by atoms with Crippen molar-refractivity contribution in [3.05, 3.63) is 0 Å². The van der Waals surface area contributed by atoms with Crippen molar-refractivity contribution in [2.45, 2.75) is 82.7 Å². The Kier molecular flexibility index (Phi) is 13.9. The van der Waals surface area contributed by atoms with Gasteiger partial charge in [0.25, 0.3) is 0 Å². The molecule has 0 radical (unpaired) electrons. The Morgan fingerprint density at radius 2 is 1.45 bits per heavy atom. The molecule has 3 nitrogen and oxygen atoms in total. The summed E-state index contributed by atoms with van der Waals surface area (Å²) >= 11 is 0. The maximum absolute atomic E-state index is 11.7. The van der Waals surface area contributed by atoms with Crippen LogP contribution in [0.3, 0.4) is 0 Å². The maximum atomic E-state index is 11.7. The molecule has 0 bridgehead atoms. The van der Waals surface area contributed by atoms with E-state index < -0.39 is 0 Å². The van der Waals surface area contributed by atoms with Crippen LogP contribution in [-0.4, -0.2) is 30.2 Å². The molecule has 0 N–H and O–H groups in total. The number of carbonyl (C=O) groups excluding carboxylic acids is 1. The number of methoxy groups -OCH3 is 1. The summed E-state index contributed by atoms with van der Waals surface area (Å²) in [5.41, 5.74) is 0.0877. The van der Waals surface area contributed by atoms with E-state index in [-0.39, 0.29) is 39.3 Å². The Hall–Kier alpha value is -0.730. The van der Waals surface area contributed by atoms with Gasteiger partial charge in [0.1, 0.15) is 0 Å². The summed E-state index contributed by atoms with van der Waals surface area (Å²) in [4.78, 5) is 13.5. The van der Waals surface area contributed by atoms with Crippen LogP contribution < -0.4 is 0 Å². The monoisotopic (exact) mass is 291 g/mol. The van der Waals surface area contributed by atoms with Crippen molar-refractivity contribution in [2.75, 3.05) is 13.7 Å². The van der Waals surface area contributed by atoms with Crippen molar-refractivity contribution in [1.29, 1.82) is 0 Å². The zero-order valence-electron chi connectivity index (χ0n) is 12.8. The van der Waals surface area contributed by atoms with Crippen LogP contribution in [0.1, 0.15) is 77.2 Å². The van der Waals surface area contributed by atoms with Gasteiger partial charge < -0.3 is 9.64 Å². The van der Waals surface area contributed by atoms with Gasteiger partial charge in [-0.3, -0.25) is 0 Å². The van der Waals surface area contributed by atoms with E-state index in [9.17, 15) is 4.79 Å². The smallest absolute Gasteiger partial charge is 0.409 e. The number of hydrogen-bond donors (Lipinski definition) is 0. The molecule has 0 saturated carbocycles. The van der Waals surface area contributed by atoms with Crippen LogP contribution in [0.25, 0.3) is 0 Å². The molecule has 3 heteroatoms. The molecule has 0 spiro atoms. The zero-order valence-corrected chi connectivity index (χ0v) is 12.8. The van der Waals surface area contributed by atoms with Gasteiger partial charge in [0.05, 0.1) is 7.11 Å². The van der Waals surface area contributed by atoms with Gasteiger partial charge in [-0.15, -0.1) is 0 Å². The molecule has 20 heavy (non-hydrogen) atoms. The number of hydrogen-bond acceptors (Lipinski definition) is 2. The summed E-state index contributed by atoms with van der Waals surface area (Å²) < 4.78 is 4.84. The highest BCUT2D eigenvalue weighted by atomic mass is 16.5. The predicted octanol–water partition coefficient (Wildman–Crippen LogP) is 5.83. The fraction of sp³-hybridized carbons (Fsp3) is 0.941. The molecule has 1 unspecified atom stereocenters. The molecule has 126 valence electrons. The van der Waals surface area contributed by atoms with E-state index in [1.54, 1.807) is 4.90 Å². The molecule has 0 aromatic rings. The van der Waals surface area contributed by atoms with Crippen LogP contribution in [0.5, 0.6) is 0 Å². The van der Waals surface area contributed by atoms with E-state index in [0.29, 0.717) is 5.92 Å². The molecule has 1 amide bonds. The van der Waals surface area contributed by atoms with E-state index in [1.165, 1.54) is 7.11 Å². The van der Waals surface area contributed by atoms with Gasteiger partial charge in [0, 0.05) is 12.1 Å². The van der Waals surface area contributed by atoms with Gasteiger partial charge in [-0.25, -0.2) is 4.79 Å². The standard InChI is InChI=1S/C14H29NO2.3CH4/c1-11(13(2,3)4)9-10-15(12(16)17-8)14(5,6)7;;;/h11H,9-10H2,1-8H3;3*1H4. The lowest BCUT2D eigenvalue weighted by molar-refractivity contribution is 0.0756. The van der Waals surface area contributed by atoms with Gasteiger partial charge in [-0.1, -0.05) is 50.0 Å². The minimum Gasteiger partial charge on any atom is -0.453 e. The Balaban J connectivity index is -0.000000427. The highest BCUT2D eigenvalue weighted by Gasteiger charge is 2.29. The van der Waals surface area contributed by atoms with Crippen molar-refractivity contribution in [1.82, 2.24) is 4.90 Å². The highest BCUT2D eigenvalue weighted by Crippen LogP contribution is 2.29. The molecular weight excluding hydrogens is 250 g/mol. The van der Waals surface area contributed by atoms with Gasteiger partial charge >= 0.3 is 6.09 Å². The molecule has 0 saturated heterocycles. The third-order valence-electron chi connectivity index (χ3n) is 3.47. The van der Waals surface area contributed by atoms with E-state index >= 15 is 0 Å². The van der Waals surface area contributed by atoms with Crippen LogP contribution >= 0.6 is 0 Å². The highest BCUT2D eigenvalue weighted by molar-refractivity contribution is 5.68. The Morgan fingerprint density at radius 3 is 1.70 bits per heavy atom. The quantitative estimate of drug-likeness (QED) is 0.654. The topological polar surface area (TPSA) is 29.5 Å². The first-order valence-electron chi connectivity index (χ1n) is 6.35. The number of ether oxygens (including phenoxy) is 1. The predicted molar refractivity (Wildman–Crippen MR) is 92.3 cm³/mol. The van der Waals surface area contributed by atoms with Crippen LogP contribution in [0, 0.1) is 11.3 Å². The van der Waals surface area contributed by atoms with Gasteiger partial charge in [0.2, 0.25) is 0 Å². The average molecular weight is 292 g/mol. The molecule has 0 fully saturated rings. The Labute approximate surface area is 129 Å². The van der Waals surface area contributed by atoms with Gasteiger partial charge in [-0.05, 0) is 38.5 Å². The molecule has 0 aliphatic carbocycles. The first-order chi connectivity index (χ1) is 7.50. The third kappa shape index (κ3) is 9.22. The maximum Gasteiger partial charge on any atom is 0.409 e. The van der Waals surface area contributed by atoms with Crippen molar-refractivity contribution >= 4 is 6.09 Å². The molecule has 0 aliphatic heterocycles. The second-order valence-electron chi connectivity index (χ2n) is 6.85. The molecule has 0 heterocycles. The fourth-order valence-electron chi connectivity index (χ4n) is 1.57. The number of amides is 1. The van der Waals surface area contributed by atoms with Crippen LogP contribution in [0.4, 0.5) is 4.79 Å². The zero-order chi connectivity index (χ0) is 13.9. The normalized spacial score (nSPS) is 12.2. The number of rotatable bonds is 3. The van der Waals surface area contributed by atoms with Crippen LogP contribution in [0.2, 0.25) is 0 Å². The van der Waals surface area contributed by atoms with E-state index in [0.717, 1.165) is 13.0 Å². The molecular formula is C17H41NO2. The van der Waals surface area contributed by atoms with E-state index in [2.05, 4.69) is 27.7 Å². The second-order valence-corrected chi connectivity index (χ2v) is 6.85. The minimum atomic E-state index is -0.237.